The monoisotopic (exact) mass is 243 g/mol. The third-order valence-corrected chi connectivity index (χ3v) is 3.46. The van der Waals surface area contributed by atoms with Crippen LogP contribution in [0.4, 0.5) is 0 Å². The Labute approximate surface area is 105 Å². The molecule has 0 aliphatic heterocycles. The Morgan fingerprint density at radius 2 is 2.41 bits per heavy atom. The van der Waals surface area contributed by atoms with Crippen LogP contribution in [0.3, 0.4) is 0 Å². The van der Waals surface area contributed by atoms with Gasteiger partial charge in [-0.25, -0.2) is 0 Å². The molecule has 86 valence electrons. The third-order valence-electron chi connectivity index (χ3n) is 2.58. The van der Waals surface area contributed by atoms with Gasteiger partial charge in [0.2, 0.25) is 0 Å². The van der Waals surface area contributed by atoms with Crippen LogP contribution < -0.4 is 5.32 Å². The molecule has 1 atom stereocenters. The van der Waals surface area contributed by atoms with Gasteiger partial charge in [0.25, 0.3) is 0 Å². The molecule has 2 heterocycles. The Morgan fingerprint density at radius 1 is 1.53 bits per heavy atom. The number of nitriles is 1. The van der Waals surface area contributed by atoms with E-state index in [-0.39, 0.29) is 6.04 Å². The molecular formula is C13H13N3S. The fourth-order valence-corrected chi connectivity index (χ4v) is 2.28. The van der Waals surface area contributed by atoms with Gasteiger partial charge >= 0.3 is 0 Å². The standard InChI is InChI=1S/C13H13N3S/c1-10-4-5-15-9-12(10)13(7-14)16-8-11-3-2-6-17-11/h2-6,9,13,16H,8H2,1H3. The average Bonchev–Trinajstić information content (AvgIpc) is 2.85. The largest absolute Gasteiger partial charge is 0.293 e. The van der Waals surface area contributed by atoms with Crippen molar-refractivity contribution in [2.75, 3.05) is 0 Å². The van der Waals surface area contributed by atoms with E-state index >= 15 is 0 Å². The predicted molar refractivity (Wildman–Crippen MR) is 68.5 cm³/mol. The number of aromatic nitrogens is 1. The van der Waals surface area contributed by atoms with Gasteiger partial charge in [-0.1, -0.05) is 6.07 Å². The molecule has 0 aliphatic rings. The quantitative estimate of drug-likeness (QED) is 0.898. The molecule has 2 rings (SSSR count). The summed E-state index contributed by atoms with van der Waals surface area (Å²) in [4.78, 5) is 5.30. The minimum atomic E-state index is -0.300. The SMILES string of the molecule is Cc1ccncc1C(C#N)NCc1cccs1. The van der Waals surface area contributed by atoms with Crippen molar-refractivity contribution in [2.24, 2.45) is 0 Å². The van der Waals surface area contributed by atoms with E-state index in [0.717, 1.165) is 11.1 Å². The first-order chi connectivity index (χ1) is 8.31. The van der Waals surface area contributed by atoms with Crippen LogP contribution in [-0.4, -0.2) is 4.98 Å². The van der Waals surface area contributed by atoms with Gasteiger partial charge in [0, 0.05) is 29.4 Å². The normalized spacial score (nSPS) is 12.0. The molecule has 1 unspecified atom stereocenters. The van der Waals surface area contributed by atoms with E-state index in [0.29, 0.717) is 6.54 Å². The van der Waals surface area contributed by atoms with Crippen molar-refractivity contribution >= 4 is 11.3 Å². The number of pyridine rings is 1. The number of thiophene rings is 1. The number of aryl methyl sites for hydroxylation is 1. The molecule has 0 aromatic carbocycles. The van der Waals surface area contributed by atoms with Gasteiger partial charge < -0.3 is 0 Å². The molecule has 0 radical (unpaired) electrons. The first-order valence-corrected chi connectivity index (χ1v) is 6.25. The zero-order valence-electron chi connectivity index (χ0n) is 9.55. The van der Waals surface area contributed by atoms with Crippen LogP contribution in [0.25, 0.3) is 0 Å². The molecule has 0 bridgehead atoms. The predicted octanol–water partition coefficient (Wildman–Crippen LogP) is 2.81. The highest BCUT2D eigenvalue weighted by Crippen LogP contribution is 2.17. The number of nitrogens with one attached hydrogen (secondary N) is 1. The summed E-state index contributed by atoms with van der Waals surface area (Å²) in [5.41, 5.74) is 2.04. The first-order valence-electron chi connectivity index (χ1n) is 5.37. The van der Waals surface area contributed by atoms with E-state index < -0.39 is 0 Å². The van der Waals surface area contributed by atoms with Gasteiger partial charge in [0.15, 0.2) is 0 Å². The summed E-state index contributed by atoms with van der Waals surface area (Å²) in [6, 6.07) is 7.97. The van der Waals surface area contributed by atoms with Gasteiger partial charge in [-0.3, -0.25) is 10.3 Å². The van der Waals surface area contributed by atoms with E-state index in [1.165, 1.54) is 4.88 Å². The molecule has 17 heavy (non-hydrogen) atoms. The second-order valence-electron chi connectivity index (χ2n) is 3.75. The van der Waals surface area contributed by atoms with Crippen molar-refractivity contribution in [3.8, 4) is 6.07 Å². The highest BCUT2D eigenvalue weighted by atomic mass is 32.1. The fourth-order valence-electron chi connectivity index (χ4n) is 1.62. The summed E-state index contributed by atoms with van der Waals surface area (Å²) in [6.45, 7) is 2.71. The minimum absolute atomic E-state index is 0.300. The van der Waals surface area contributed by atoms with Crippen molar-refractivity contribution < 1.29 is 0 Å². The van der Waals surface area contributed by atoms with Crippen LogP contribution in [0, 0.1) is 18.3 Å². The molecule has 0 amide bonds. The van der Waals surface area contributed by atoms with Crippen LogP contribution in [0.15, 0.2) is 36.0 Å². The molecule has 4 heteroatoms. The van der Waals surface area contributed by atoms with Crippen LogP contribution in [0.2, 0.25) is 0 Å². The van der Waals surface area contributed by atoms with E-state index in [9.17, 15) is 5.26 Å². The van der Waals surface area contributed by atoms with Gasteiger partial charge in [-0.15, -0.1) is 11.3 Å². The van der Waals surface area contributed by atoms with Gasteiger partial charge in [-0.05, 0) is 30.0 Å². The van der Waals surface area contributed by atoms with Gasteiger partial charge in [0.1, 0.15) is 6.04 Å². The van der Waals surface area contributed by atoms with Crippen molar-refractivity contribution in [3.05, 3.63) is 52.0 Å². The summed E-state index contributed by atoms with van der Waals surface area (Å²) >= 11 is 1.69. The van der Waals surface area contributed by atoms with Crippen LogP contribution in [-0.2, 0) is 6.54 Å². The summed E-state index contributed by atoms with van der Waals surface area (Å²) in [6.07, 6.45) is 3.50. The highest BCUT2D eigenvalue weighted by molar-refractivity contribution is 7.09. The summed E-state index contributed by atoms with van der Waals surface area (Å²) < 4.78 is 0. The molecular weight excluding hydrogens is 230 g/mol. The Bertz CT molecular complexity index is 514. The van der Waals surface area contributed by atoms with Crippen molar-refractivity contribution in [1.29, 1.82) is 5.26 Å². The van der Waals surface area contributed by atoms with Gasteiger partial charge in [0.05, 0.1) is 6.07 Å². The molecule has 3 nitrogen and oxygen atoms in total. The zero-order chi connectivity index (χ0) is 12.1. The molecule has 0 aliphatic carbocycles. The molecule has 2 aromatic heterocycles. The molecule has 0 spiro atoms. The lowest BCUT2D eigenvalue weighted by Gasteiger charge is -2.12. The van der Waals surface area contributed by atoms with Crippen molar-refractivity contribution in [1.82, 2.24) is 10.3 Å². The summed E-state index contributed by atoms with van der Waals surface area (Å²) in [7, 11) is 0. The van der Waals surface area contributed by atoms with Crippen molar-refractivity contribution in [3.63, 3.8) is 0 Å². The first kappa shape index (κ1) is 11.8. The summed E-state index contributed by atoms with van der Waals surface area (Å²) in [5, 5.41) is 14.5. The Morgan fingerprint density at radius 3 is 3.06 bits per heavy atom. The Balaban J connectivity index is 2.08. The summed E-state index contributed by atoms with van der Waals surface area (Å²) in [5.74, 6) is 0. The molecule has 0 saturated heterocycles. The maximum atomic E-state index is 9.20. The second-order valence-corrected chi connectivity index (χ2v) is 4.79. The minimum Gasteiger partial charge on any atom is -0.293 e. The topological polar surface area (TPSA) is 48.7 Å². The Kier molecular flexibility index (Phi) is 3.86. The van der Waals surface area contributed by atoms with Gasteiger partial charge in [-0.2, -0.15) is 5.26 Å². The molecule has 0 fully saturated rings. The van der Waals surface area contributed by atoms with Crippen LogP contribution in [0.1, 0.15) is 22.0 Å². The highest BCUT2D eigenvalue weighted by Gasteiger charge is 2.12. The Hall–Kier alpha value is -1.70. The van der Waals surface area contributed by atoms with E-state index in [2.05, 4.69) is 22.4 Å². The maximum Gasteiger partial charge on any atom is 0.123 e. The number of hydrogen-bond acceptors (Lipinski definition) is 4. The van der Waals surface area contributed by atoms with E-state index in [1.54, 1.807) is 23.7 Å². The average molecular weight is 243 g/mol. The molecule has 2 aromatic rings. The number of rotatable bonds is 4. The smallest absolute Gasteiger partial charge is 0.123 e. The lowest BCUT2D eigenvalue weighted by atomic mass is 10.1. The van der Waals surface area contributed by atoms with E-state index in [1.807, 2.05) is 24.4 Å². The lowest BCUT2D eigenvalue weighted by Crippen LogP contribution is -2.19. The molecule has 0 saturated carbocycles. The van der Waals surface area contributed by atoms with Crippen LogP contribution in [0.5, 0.6) is 0 Å². The molecule has 1 N–H and O–H groups in total. The van der Waals surface area contributed by atoms with E-state index in [4.69, 9.17) is 0 Å². The van der Waals surface area contributed by atoms with Crippen LogP contribution >= 0.6 is 11.3 Å². The second kappa shape index (κ2) is 5.58. The zero-order valence-corrected chi connectivity index (χ0v) is 10.4. The third kappa shape index (κ3) is 2.90. The number of nitrogens with zero attached hydrogens (tertiary/aromatic N) is 2. The lowest BCUT2D eigenvalue weighted by molar-refractivity contribution is 0.631. The maximum absolute atomic E-state index is 9.20. The number of hydrogen-bond donors (Lipinski definition) is 1. The fraction of sp³-hybridized carbons (Fsp3) is 0.231. The van der Waals surface area contributed by atoms with Crippen molar-refractivity contribution in [2.45, 2.75) is 19.5 Å².